The Morgan fingerprint density at radius 2 is 2.39 bits per heavy atom. The van der Waals surface area contributed by atoms with Crippen molar-refractivity contribution in [2.45, 2.75) is 0 Å². The molecule has 1 heterocycles. The van der Waals surface area contributed by atoms with Crippen LogP contribution < -0.4 is 21.1 Å². The van der Waals surface area contributed by atoms with Gasteiger partial charge < -0.3 is 25.8 Å². The van der Waals surface area contributed by atoms with Crippen molar-refractivity contribution in [2.75, 3.05) is 36.6 Å². The summed E-state index contributed by atoms with van der Waals surface area (Å²) in [5.74, 6) is -0.130. The highest BCUT2D eigenvalue weighted by atomic mass is 16.5. The highest BCUT2D eigenvalue weighted by Gasteiger charge is 2.18. The molecule has 0 radical (unpaired) electrons. The number of hydrogen-bond acceptors (Lipinski definition) is 6. The fraction of sp³-hybridized carbons (Fsp3) is 0.273. The summed E-state index contributed by atoms with van der Waals surface area (Å²) in [5.41, 5.74) is 7.28. The monoisotopic (exact) mass is 251 g/mol. The number of carbonyl (C=O) groups is 2. The maximum atomic E-state index is 11.2. The number of amides is 1. The highest BCUT2D eigenvalue weighted by Crippen LogP contribution is 2.34. The fourth-order valence-corrected chi connectivity index (χ4v) is 1.53. The Labute approximate surface area is 103 Å². The van der Waals surface area contributed by atoms with Gasteiger partial charge in [0.2, 0.25) is 0 Å². The van der Waals surface area contributed by atoms with Gasteiger partial charge in [0.1, 0.15) is 12.3 Å². The van der Waals surface area contributed by atoms with E-state index in [-0.39, 0.29) is 19.1 Å². The van der Waals surface area contributed by atoms with E-state index in [1.54, 1.807) is 12.1 Å². The summed E-state index contributed by atoms with van der Waals surface area (Å²) in [6, 6.07) is 3.21. The van der Waals surface area contributed by atoms with Crippen LogP contribution in [0.25, 0.3) is 0 Å². The van der Waals surface area contributed by atoms with Gasteiger partial charge in [-0.05, 0) is 6.07 Å². The minimum absolute atomic E-state index is 0.00566. The van der Waals surface area contributed by atoms with Crippen molar-refractivity contribution in [1.82, 2.24) is 0 Å². The van der Waals surface area contributed by atoms with E-state index in [1.165, 1.54) is 7.11 Å². The zero-order valence-electron chi connectivity index (χ0n) is 9.78. The number of fused-ring (bicyclic) bond motifs is 1. The van der Waals surface area contributed by atoms with Crippen molar-refractivity contribution >= 4 is 28.9 Å². The Balaban J connectivity index is 2.18. The molecule has 1 amide bonds. The number of hydrogen-bond donors (Lipinski definition) is 3. The van der Waals surface area contributed by atoms with E-state index in [4.69, 9.17) is 10.5 Å². The van der Waals surface area contributed by atoms with Crippen LogP contribution in [0.2, 0.25) is 0 Å². The minimum atomic E-state index is -0.410. The molecule has 2 rings (SSSR count). The highest BCUT2D eigenvalue weighted by molar-refractivity contribution is 5.97. The van der Waals surface area contributed by atoms with Gasteiger partial charge in [0.05, 0.1) is 24.2 Å². The molecule has 0 unspecified atom stereocenters. The molecular weight excluding hydrogens is 238 g/mol. The number of benzene rings is 1. The van der Waals surface area contributed by atoms with Crippen LogP contribution in [-0.2, 0) is 14.3 Å². The molecule has 1 aliphatic heterocycles. The Hall–Kier alpha value is -2.44. The van der Waals surface area contributed by atoms with Crippen molar-refractivity contribution in [3.63, 3.8) is 0 Å². The van der Waals surface area contributed by atoms with Gasteiger partial charge in [-0.15, -0.1) is 0 Å². The molecule has 1 aromatic rings. The molecule has 1 aromatic carbocycles. The van der Waals surface area contributed by atoms with Crippen LogP contribution in [0, 0.1) is 0 Å². The van der Waals surface area contributed by atoms with Crippen LogP contribution in [0.4, 0.5) is 17.1 Å². The lowest BCUT2D eigenvalue weighted by Gasteiger charge is -2.20. The summed E-state index contributed by atoms with van der Waals surface area (Å²) in [6.45, 7) is -0.0321. The smallest absolute Gasteiger partial charge is 0.325 e. The SMILES string of the molecule is COC(=O)CNc1cc2c(cc1N)OCC(=O)N2. The minimum Gasteiger partial charge on any atom is -0.482 e. The number of anilines is 3. The van der Waals surface area contributed by atoms with E-state index in [0.29, 0.717) is 22.8 Å². The van der Waals surface area contributed by atoms with Crippen LogP contribution in [0.5, 0.6) is 5.75 Å². The first-order valence-electron chi connectivity index (χ1n) is 5.27. The second-order valence-electron chi connectivity index (χ2n) is 3.70. The Morgan fingerprint density at radius 3 is 3.11 bits per heavy atom. The molecule has 7 heteroatoms. The molecule has 18 heavy (non-hydrogen) atoms. The average molecular weight is 251 g/mol. The fourth-order valence-electron chi connectivity index (χ4n) is 1.53. The van der Waals surface area contributed by atoms with Gasteiger partial charge in [0.25, 0.3) is 5.91 Å². The van der Waals surface area contributed by atoms with Gasteiger partial charge in [0, 0.05) is 6.07 Å². The van der Waals surface area contributed by atoms with E-state index in [0.717, 1.165) is 0 Å². The Morgan fingerprint density at radius 1 is 1.61 bits per heavy atom. The normalized spacial score (nSPS) is 13.1. The lowest BCUT2D eigenvalue weighted by atomic mass is 10.2. The van der Waals surface area contributed by atoms with Crippen molar-refractivity contribution < 1.29 is 19.1 Å². The molecule has 0 bridgehead atoms. The first-order valence-corrected chi connectivity index (χ1v) is 5.27. The van der Waals surface area contributed by atoms with Gasteiger partial charge in [0.15, 0.2) is 6.61 Å². The quantitative estimate of drug-likeness (QED) is 0.523. The Bertz CT molecular complexity index is 501. The second kappa shape index (κ2) is 4.82. The molecule has 0 atom stereocenters. The summed E-state index contributed by atoms with van der Waals surface area (Å²) < 4.78 is 9.71. The maximum absolute atomic E-state index is 11.2. The predicted octanol–water partition coefficient (Wildman–Crippen LogP) is 0.185. The van der Waals surface area contributed by atoms with Crippen LogP contribution in [0.3, 0.4) is 0 Å². The average Bonchev–Trinajstić information content (AvgIpc) is 2.36. The third kappa shape index (κ3) is 2.45. The largest absolute Gasteiger partial charge is 0.482 e. The summed E-state index contributed by atoms with van der Waals surface area (Å²) >= 11 is 0. The first kappa shape index (κ1) is 12.0. The molecule has 7 nitrogen and oxygen atoms in total. The molecule has 1 aliphatic rings. The summed E-state index contributed by atoms with van der Waals surface area (Å²) in [4.78, 5) is 22.2. The van der Waals surface area contributed by atoms with Crippen LogP contribution in [-0.4, -0.2) is 32.1 Å². The second-order valence-corrected chi connectivity index (χ2v) is 3.70. The molecule has 96 valence electrons. The number of methoxy groups -OCH3 is 1. The zero-order chi connectivity index (χ0) is 13.1. The van der Waals surface area contributed by atoms with E-state index < -0.39 is 5.97 Å². The molecule has 0 saturated carbocycles. The van der Waals surface area contributed by atoms with Crippen LogP contribution in [0.15, 0.2) is 12.1 Å². The molecule has 0 spiro atoms. The lowest BCUT2D eigenvalue weighted by molar-refractivity contribution is -0.138. The summed E-state index contributed by atoms with van der Waals surface area (Å²) in [7, 11) is 1.30. The van der Waals surface area contributed by atoms with Gasteiger partial charge in [-0.2, -0.15) is 0 Å². The molecular formula is C11H13N3O4. The molecule has 0 aliphatic carbocycles. The third-order valence-corrected chi connectivity index (χ3v) is 2.44. The molecule has 0 aromatic heterocycles. The Kier molecular flexibility index (Phi) is 3.22. The topological polar surface area (TPSA) is 103 Å². The van der Waals surface area contributed by atoms with Gasteiger partial charge in [-0.1, -0.05) is 0 Å². The predicted molar refractivity (Wildman–Crippen MR) is 65.5 cm³/mol. The molecule has 4 N–H and O–H groups in total. The van der Waals surface area contributed by atoms with Gasteiger partial charge >= 0.3 is 5.97 Å². The van der Waals surface area contributed by atoms with E-state index in [1.807, 2.05) is 0 Å². The van der Waals surface area contributed by atoms with E-state index in [9.17, 15) is 9.59 Å². The number of nitrogens with two attached hydrogens (primary N) is 1. The van der Waals surface area contributed by atoms with Gasteiger partial charge in [-0.25, -0.2) is 0 Å². The first-order chi connectivity index (χ1) is 8.60. The number of nitrogen functional groups attached to an aromatic ring is 1. The van der Waals surface area contributed by atoms with Crippen molar-refractivity contribution in [2.24, 2.45) is 0 Å². The molecule has 0 saturated heterocycles. The summed E-state index contributed by atoms with van der Waals surface area (Å²) in [6.07, 6.45) is 0. The van der Waals surface area contributed by atoms with E-state index >= 15 is 0 Å². The summed E-state index contributed by atoms with van der Waals surface area (Å²) in [5, 5.41) is 5.48. The number of carbonyl (C=O) groups excluding carboxylic acids is 2. The van der Waals surface area contributed by atoms with Crippen LogP contribution in [0.1, 0.15) is 0 Å². The zero-order valence-corrected chi connectivity index (χ0v) is 9.78. The lowest BCUT2D eigenvalue weighted by Crippen LogP contribution is -2.25. The number of esters is 1. The number of rotatable bonds is 3. The van der Waals surface area contributed by atoms with Crippen LogP contribution >= 0.6 is 0 Å². The number of ether oxygens (including phenoxy) is 2. The van der Waals surface area contributed by atoms with Crippen molar-refractivity contribution in [1.29, 1.82) is 0 Å². The molecule has 0 fully saturated rings. The van der Waals surface area contributed by atoms with E-state index in [2.05, 4.69) is 15.4 Å². The number of nitrogens with one attached hydrogen (secondary N) is 2. The maximum Gasteiger partial charge on any atom is 0.325 e. The standard InChI is InChI=1S/C11H13N3O4/c1-17-11(16)4-13-7-3-8-9(2-6(7)12)18-5-10(15)14-8/h2-3,13H,4-5,12H2,1H3,(H,14,15). The van der Waals surface area contributed by atoms with Crippen molar-refractivity contribution in [3.05, 3.63) is 12.1 Å². The van der Waals surface area contributed by atoms with Gasteiger partial charge in [-0.3, -0.25) is 9.59 Å². The third-order valence-electron chi connectivity index (χ3n) is 2.44. The van der Waals surface area contributed by atoms with Crippen molar-refractivity contribution in [3.8, 4) is 5.75 Å².